The highest BCUT2D eigenvalue weighted by molar-refractivity contribution is 7.14. The standard InChI is InChI=1S/C15H11N3O3S2/c16-14(20)9-6-12(21-7-9)11-8-23-15(17-11)18-13(19)4-3-10-2-1-5-22-10/h1-8H,(H2,16,20)(H,17,18,19). The Balaban J connectivity index is 1.67. The first-order valence-corrected chi connectivity index (χ1v) is 8.24. The summed E-state index contributed by atoms with van der Waals surface area (Å²) in [6.45, 7) is 0. The van der Waals surface area contributed by atoms with Crippen LogP contribution in [0.25, 0.3) is 17.5 Å². The molecule has 3 heterocycles. The third-order valence-corrected chi connectivity index (χ3v) is 4.41. The van der Waals surface area contributed by atoms with Crippen LogP contribution < -0.4 is 11.1 Å². The summed E-state index contributed by atoms with van der Waals surface area (Å²) in [7, 11) is 0. The maximum atomic E-state index is 11.8. The summed E-state index contributed by atoms with van der Waals surface area (Å²) < 4.78 is 5.24. The van der Waals surface area contributed by atoms with Crippen LogP contribution in [0.5, 0.6) is 0 Å². The van der Waals surface area contributed by atoms with E-state index in [1.807, 2.05) is 17.5 Å². The van der Waals surface area contributed by atoms with Crippen molar-refractivity contribution < 1.29 is 14.0 Å². The number of thiophene rings is 1. The van der Waals surface area contributed by atoms with E-state index in [-0.39, 0.29) is 11.5 Å². The van der Waals surface area contributed by atoms with Gasteiger partial charge in [-0.05, 0) is 23.6 Å². The summed E-state index contributed by atoms with van der Waals surface area (Å²) >= 11 is 2.81. The number of anilines is 1. The second-order valence-electron chi connectivity index (χ2n) is 4.44. The van der Waals surface area contributed by atoms with Gasteiger partial charge in [0.05, 0.1) is 5.56 Å². The fourth-order valence-electron chi connectivity index (χ4n) is 1.74. The second-order valence-corrected chi connectivity index (χ2v) is 6.28. The molecule has 0 unspecified atom stereocenters. The van der Waals surface area contributed by atoms with Crippen LogP contribution in [-0.4, -0.2) is 16.8 Å². The van der Waals surface area contributed by atoms with E-state index in [4.69, 9.17) is 10.2 Å². The van der Waals surface area contributed by atoms with Gasteiger partial charge in [0.15, 0.2) is 10.9 Å². The Kier molecular flexibility index (Phi) is 4.35. The number of nitrogens with zero attached hydrogens (tertiary/aromatic N) is 1. The molecule has 0 aromatic carbocycles. The molecule has 0 bridgehead atoms. The van der Waals surface area contributed by atoms with Crippen LogP contribution in [-0.2, 0) is 4.79 Å². The van der Waals surface area contributed by atoms with Gasteiger partial charge in [0.1, 0.15) is 12.0 Å². The first kappa shape index (κ1) is 15.2. The molecule has 116 valence electrons. The molecule has 0 spiro atoms. The molecule has 0 aliphatic rings. The number of primary amides is 1. The van der Waals surface area contributed by atoms with Crippen molar-refractivity contribution in [3.05, 3.63) is 51.7 Å². The van der Waals surface area contributed by atoms with E-state index in [1.54, 1.807) is 22.8 Å². The van der Waals surface area contributed by atoms with Gasteiger partial charge in [-0.15, -0.1) is 22.7 Å². The lowest BCUT2D eigenvalue weighted by Crippen LogP contribution is -2.09. The lowest BCUT2D eigenvalue weighted by Gasteiger charge is -1.95. The molecule has 3 N–H and O–H groups in total. The van der Waals surface area contributed by atoms with Crippen molar-refractivity contribution in [1.82, 2.24) is 4.98 Å². The van der Waals surface area contributed by atoms with Crippen LogP contribution in [0.15, 0.2) is 45.7 Å². The fourth-order valence-corrected chi connectivity index (χ4v) is 3.06. The molecule has 0 saturated heterocycles. The van der Waals surface area contributed by atoms with E-state index in [1.165, 1.54) is 29.7 Å². The number of aromatic nitrogens is 1. The van der Waals surface area contributed by atoms with Crippen molar-refractivity contribution in [2.75, 3.05) is 5.32 Å². The number of carbonyl (C=O) groups is 2. The third kappa shape index (κ3) is 3.74. The van der Waals surface area contributed by atoms with E-state index < -0.39 is 5.91 Å². The summed E-state index contributed by atoms with van der Waals surface area (Å²) in [5.41, 5.74) is 5.97. The molecule has 0 aliphatic heterocycles. The highest BCUT2D eigenvalue weighted by atomic mass is 32.1. The average Bonchev–Trinajstić information content (AvgIpc) is 3.26. The topological polar surface area (TPSA) is 98.2 Å². The number of carbonyl (C=O) groups excluding carboxylic acids is 2. The number of hydrogen-bond acceptors (Lipinski definition) is 6. The summed E-state index contributed by atoms with van der Waals surface area (Å²) in [6.07, 6.45) is 4.46. The van der Waals surface area contributed by atoms with Crippen molar-refractivity contribution in [3.8, 4) is 11.5 Å². The van der Waals surface area contributed by atoms with E-state index >= 15 is 0 Å². The average molecular weight is 345 g/mol. The highest BCUT2D eigenvalue weighted by Crippen LogP contribution is 2.26. The number of thiazole rings is 1. The quantitative estimate of drug-likeness (QED) is 0.694. The number of rotatable bonds is 5. The second kappa shape index (κ2) is 6.59. The maximum absolute atomic E-state index is 11.8. The smallest absolute Gasteiger partial charge is 0.251 e. The van der Waals surface area contributed by atoms with Crippen LogP contribution in [0.3, 0.4) is 0 Å². The summed E-state index contributed by atoms with van der Waals surface area (Å²) in [6, 6.07) is 5.35. The van der Waals surface area contributed by atoms with Crippen LogP contribution in [0.4, 0.5) is 5.13 Å². The first-order valence-electron chi connectivity index (χ1n) is 6.48. The van der Waals surface area contributed by atoms with E-state index in [9.17, 15) is 9.59 Å². The van der Waals surface area contributed by atoms with Gasteiger partial charge >= 0.3 is 0 Å². The minimum Gasteiger partial charge on any atom is -0.462 e. The van der Waals surface area contributed by atoms with Gasteiger partial charge in [-0.2, -0.15) is 0 Å². The molecule has 3 aromatic rings. The zero-order valence-corrected chi connectivity index (χ0v) is 13.3. The zero-order chi connectivity index (χ0) is 16.2. The molecule has 0 aliphatic carbocycles. The molecular formula is C15H11N3O3S2. The van der Waals surface area contributed by atoms with Gasteiger partial charge in [-0.3, -0.25) is 14.9 Å². The number of hydrogen-bond donors (Lipinski definition) is 2. The molecule has 3 rings (SSSR count). The Morgan fingerprint density at radius 1 is 1.35 bits per heavy atom. The Morgan fingerprint density at radius 2 is 2.22 bits per heavy atom. The fraction of sp³-hybridized carbons (Fsp3) is 0. The number of amides is 2. The highest BCUT2D eigenvalue weighted by Gasteiger charge is 2.12. The molecule has 8 heteroatoms. The normalized spacial score (nSPS) is 11.0. The van der Waals surface area contributed by atoms with Crippen molar-refractivity contribution in [2.45, 2.75) is 0 Å². The summed E-state index contributed by atoms with van der Waals surface area (Å²) in [4.78, 5) is 28.1. The number of nitrogens with two attached hydrogens (primary N) is 1. The Bertz CT molecular complexity index is 862. The SMILES string of the molecule is NC(=O)c1coc(-c2csc(NC(=O)C=Cc3cccs3)n2)c1. The Labute approximate surface area is 139 Å². The largest absolute Gasteiger partial charge is 0.462 e. The maximum Gasteiger partial charge on any atom is 0.251 e. The van der Waals surface area contributed by atoms with E-state index in [0.29, 0.717) is 16.6 Å². The predicted molar refractivity (Wildman–Crippen MR) is 90.3 cm³/mol. The van der Waals surface area contributed by atoms with E-state index in [0.717, 1.165) is 4.88 Å². The molecule has 0 saturated carbocycles. The minimum absolute atomic E-state index is 0.267. The summed E-state index contributed by atoms with van der Waals surface area (Å²) in [5, 5.41) is 6.78. The molecule has 0 fully saturated rings. The lowest BCUT2D eigenvalue weighted by atomic mass is 10.3. The first-order chi connectivity index (χ1) is 11.1. The lowest BCUT2D eigenvalue weighted by molar-refractivity contribution is -0.111. The monoisotopic (exact) mass is 345 g/mol. The van der Waals surface area contributed by atoms with E-state index in [2.05, 4.69) is 10.3 Å². The molecule has 2 amide bonds. The third-order valence-electron chi connectivity index (χ3n) is 2.81. The summed E-state index contributed by atoms with van der Waals surface area (Å²) in [5.74, 6) is -0.413. The number of furan rings is 1. The van der Waals surface area contributed by atoms with Crippen LogP contribution in [0.2, 0.25) is 0 Å². The molecule has 23 heavy (non-hydrogen) atoms. The van der Waals surface area contributed by atoms with Crippen molar-refractivity contribution in [3.63, 3.8) is 0 Å². The number of nitrogens with one attached hydrogen (secondary N) is 1. The zero-order valence-electron chi connectivity index (χ0n) is 11.7. The van der Waals surface area contributed by atoms with Crippen molar-refractivity contribution >= 4 is 45.7 Å². The van der Waals surface area contributed by atoms with Gasteiger partial charge in [0, 0.05) is 16.3 Å². The van der Waals surface area contributed by atoms with Gasteiger partial charge in [0.25, 0.3) is 5.91 Å². The van der Waals surface area contributed by atoms with Gasteiger partial charge in [-0.1, -0.05) is 6.07 Å². The van der Waals surface area contributed by atoms with Crippen LogP contribution >= 0.6 is 22.7 Å². The van der Waals surface area contributed by atoms with Crippen LogP contribution in [0, 0.1) is 0 Å². The minimum atomic E-state index is -0.567. The van der Waals surface area contributed by atoms with Crippen molar-refractivity contribution in [1.29, 1.82) is 0 Å². The van der Waals surface area contributed by atoms with Gasteiger partial charge in [0.2, 0.25) is 5.91 Å². The van der Waals surface area contributed by atoms with Crippen molar-refractivity contribution in [2.24, 2.45) is 5.73 Å². The molecule has 0 atom stereocenters. The van der Waals surface area contributed by atoms with Gasteiger partial charge < -0.3 is 10.2 Å². The molecule has 0 radical (unpaired) electrons. The Morgan fingerprint density at radius 3 is 2.91 bits per heavy atom. The van der Waals surface area contributed by atoms with Gasteiger partial charge in [-0.25, -0.2) is 4.98 Å². The Hall–Kier alpha value is -2.71. The van der Waals surface area contributed by atoms with Crippen LogP contribution in [0.1, 0.15) is 15.2 Å². The molecule has 3 aromatic heterocycles. The molecular weight excluding hydrogens is 334 g/mol. The molecule has 6 nitrogen and oxygen atoms in total. The predicted octanol–water partition coefficient (Wildman–Crippen LogP) is 3.22.